The molecular formula is C20H20N4O3. The quantitative estimate of drug-likeness (QED) is 0.648. The number of aromatic nitrogens is 2. The Morgan fingerprint density at radius 1 is 1.30 bits per heavy atom. The Labute approximate surface area is 156 Å². The van der Waals surface area contributed by atoms with Gasteiger partial charge in [0.2, 0.25) is 0 Å². The molecule has 0 aliphatic carbocycles. The van der Waals surface area contributed by atoms with E-state index in [2.05, 4.69) is 10.2 Å². The van der Waals surface area contributed by atoms with Crippen LogP contribution in [0.25, 0.3) is 11.1 Å². The lowest BCUT2D eigenvalue weighted by molar-refractivity contribution is 0.0727. The molecule has 4 rings (SSSR count). The monoisotopic (exact) mass is 364 g/mol. The van der Waals surface area contributed by atoms with E-state index in [4.69, 9.17) is 10.5 Å². The maximum Gasteiger partial charge on any atom is 0.272 e. The highest BCUT2D eigenvalue weighted by molar-refractivity contribution is 5.93. The van der Waals surface area contributed by atoms with Crippen LogP contribution in [0, 0.1) is 6.92 Å². The summed E-state index contributed by atoms with van der Waals surface area (Å²) in [5, 5.41) is 17.0. The van der Waals surface area contributed by atoms with Gasteiger partial charge in [-0.3, -0.25) is 9.89 Å². The number of anilines is 1. The van der Waals surface area contributed by atoms with Crippen molar-refractivity contribution in [2.75, 3.05) is 18.9 Å². The summed E-state index contributed by atoms with van der Waals surface area (Å²) in [5.41, 5.74) is 9.70. The lowest BCUT2D eigenvalue weighted by Gasteiger charge is -2.19. The average molecular weight is 364 g/mol. The van der Waals surface area contributed by atoms with Crippen LogP contribution >= 0.6 is 0 Å². The van der Waals surface area contributed by atoms with Crippen molar-refractivity contribution in [3.63, 3.8) is 0 Å². The van der Waals surface area contributed by atoms with Crippen molar-refractivity contribution in [3.8, 4) is 22.6 Å². The van der Waals surface area contributed by atoms with Crippen LogP contribution in [0.2, 0.25) is 0 Å². The number of phenols is 1. The van der Waals surface area contributed by atoms with E-state index in [1.54, 1.807) is 11.0 Å². The number of fused-ring (bicyclic) bond motifs is 1. The van der Waals surface area contributed by atoms with Gasteiger partial charge in [0.1, 0.15) is 18.1 Å². The maximum absolute atomic E-state index is 12.8. The molecule has 1 aliphatic rings. The van der Waals surface area contributed by atoms with Gasteiger partial charge >= 0.3 is 0 Å². The van der Waals surface area contributed by atoms with Crippen LogP contribution < -0.4 is 10.5 Å². The molecule has 3 aromatic rings. The molecule has 0 bridgehead atoms. The smallest absolute Gasteiger partial charge is 0.272 e. The molecule has 2 aromatic carbocycles. The van der Waals surface area contributed by atoms with Crippen molar-refractivity contribution >= 4 is 11.7 Å². The largest absolute Gasteiger partial charge is 0.504 e. The summed E-state index contributed by atoms with van der Waals surface area (Å²) < 4.78 is 5.73. The minimum absolute atomic E-state index is 0.0748. The Hall–Kier alpha value is -3.48. The molecule has 0 spiro atoms. The van der Waals surface area contributed by atoms with Crippen LogP contribution in [-0.4, -0.2) is 39.3 Å². The van der Waals surface area contributed by atoms with Gasteiger partial charge in [-0.1, -0.05) is 24.3 Å². The van der Waals surface area contributed by atoms with Crippen molar-refractivity contribution < 1.29 is 14.6 Å². The van der Waals surface area contributed by atoms with E-state index in [-0.39, 0.29) is 17.5 Å². The number of nitrogens with zero attached hydrogens (tertiary/aromatic N) is 2. The Balaban J connectivity index is 1.71. The number of ether oxygens (including phenoxy) is 1. The number of hydrogen-bond acceptors (Lipinski definition) is 5. The highest BCUT2D eigenvalue weighted by atomic mass is 16.5. The number of amides is 1. The number of H-pyrrole nitrogens is 1. The standard InChI is InChI=1S/C20H20N4O3/c1-12-4-2-3-5-15(12)13-8-14-11-24(6-7-27-19(14)17(25)9-13)20(26)16-10-18(21)23-22-16/h2-5,8-10,25H,6-7,11H2,1H3,(H3,21,22,23). The number of aromatic amines is 1. The summed E-state index contributed by atoms with van der Waals surface area (Å²) in [6.45, 7) is 3.03. The van der Waals surface area contributed by atoms with Crippen LogP contribution in [0.3, 0.4) is 0 Å². The van der Waals surface area contributed by atoms with Gasteiger partial charge in [0.25, 0.3) is 5.91 Å². The van der Waals surface area contributed by atoms with Crippen molar-refractivity contribution in [1.82, 2.24) is 15.1 Å². The van der Waals surface area contributed by atoms with E-state index < -0.39 is 0 Å². The fourth-order valence-corrected chi connectivity index (χ4v) is 3.34. The molecule has 0 fully saturated rings. The fraction of sp³-hybridized carbons (Fsp3) is 0.200. The van der Waals surface area contributed by atoms with Gasteiger partial charge in [-0.25, -0.2) is 0 Å². The minimum atomic E-state index is -0.212. The van der Waals surface area contributed by atoms with Crippen LogP contribution in [-0.2, 0) is 6.54 Å². The topological polar surface area (TPSA) is 104 Å². The normalized spacial score (nSPS) is 13.6. The number of hydrogen-bond donors (Lipinski definition) is 3. The second-order valence-electron chi connectivity index (χ2n) is 6.58. The highest BCUT2D eigenvalue weighted by Crippen LogP contribution is 2.38. The summed E-state index contributed by atoms with van der Waals surface area (Å²) in [6.07, 6.45) is 0. The number of aromatic hydroxyl groups is 1. The predicted molar refractivity (Wildman–Crippen MR) is 102 cm³/mol. The molecule has 0 saturated carbocycles. The van der Waals surface area contributed by atoms with Crippen LogP contribution in [0.5, 0.6) is 11.5 Å². The van der Waals surface area contributed by atoms with Gasteiger partial charge in [-0.15, -0.1) is 0 Å². The molecule has 0 atom stereocenters. The molecule has 7 heteroatoms. The molecule has 2 heterocycles. The third-order valence-corrected chi connectivity index (χ3v) is 4.69. The fourth-order valence-electron chi connectivity index (χ4n) is 3.34. The summed E-state index contributed by atoms with van der Waals surface area (Å²) in [6, 6.07) is 13.1. The average Bonchev–Trinajstić information content (AvgIpc) is 2.96. The first-order valence-electron chi connectivity index (χ1n) is 8.68. The van der Waals surface area contributed by atoms with E-state index in [9.17, 15) is 9.90 Å². The zero-order valence-electron chi connectivity index (χ0n) is 14.9. The maximum atomic E-state index is 12.8. The minimum Gasteiger partial charge on any atom is -0.504 e. The first-order chi connectivity index (χ1) is 13.0. The SMILES string of the molecule is Cc1ccccc1-c1cc(O)c2c(c1)CN(C(=O)c1cc(N)n[nH]1)CCO2. The molecule has 7 nitrogen and oxygen atoms in total. The van der Waals surface area contributed by atoms with Gasteiger partial charge in [-0.2, -0.15) is 5.10 Å². The Bertz CT molecular complexity index is 1010. The van der Waals surface area contributed by atoms with Crippen LogP contribution in [0.1, 0.15) is 21.6 Å². The molecule has 1 amide bonds. The van der Waals surface area contributed by atoms with E-state index in [0.29, 0.717) is 31.1 Å². The number of nitrogens with two attached hydrogens (primary N) is 1. The number of rotatable bonds is 2. The lowest BCUT2D eigenvalue weighted by Crippen LogP contribution is -2.32. The third-order valence-electron chi connectivity index (χ3n) is 4.69. The first kappa shape index (κ1) is 17.0. The van der Waals surface area contributed by atoms with Gasteiger partial charge in [0.05, 0.1) is 6.54 Å². The number of phenolic OH excluding ortho intramolecular Hbond substituents is 1. The van der Waals surface area contributed by atoms with E-state index in [1.807, 2.05) is 37.3 Å². The zero-order valence-corrected chi connectivity index (χ0v) is 14.9. The lowest BCUT2D eigenvalue weighted by atomic mass is 9.98. The van der Waals surface area contributed by atoms with Crippen molar-refractivity contribution in [2.24, 2.45) is 0 Å². The molecule has 27 heavy (non-hydrogen) atoms. The summed E-state index contributed by atoms with van der Waals surface area (Å²) in [5.74, 6) is 0.554. The molecular weight excluding hydrogens is 344 g/mol. The van der Waals surface area contributed by atoms with E-state index >= 15 is 0 Å². The van der Waals surface area contributed by atoms with Gasteiger partial charge in [0.15, 0.2) is 11.5 Å². The Kier molecular flexibility index (Phi) is 4.19. The van der Waals surface area contributed by atoms with Gasteiger partial charge < -0.3 is 20.5 Å². The summed E-state index contributed by atoms with van der Waals surface area (Å²) >= 11 is 0. The van der Waals surface area contributed by atoms with E-state index in [1.165, 1.54) is 6.07 Å². The molecule has 1 aliphatic heterocycles. The number of nitrogens with one attached hydrogen (secondary N) is 1. The van der Waals surface area contributed by atoms with Crippen molar-refractivity contribution in [2.45, 2.75) is 13.5 Å². The Morgan fingerprint density at radius 3 is 2.85 bits per heavy atom. The van der Waals surface area contributed by atoms with Crippen LogP contribution in [0.4, 0.5) is 5.82 Å². The van der Waals surface area contributed by atoms with Gasteiger partial charge in [0, 0.05) is 18.2 Å². The van der Waals surface area contributed by atoms with Crippen molar-refractivity contribution in [1.29, 1.82) is 0 Å². The van der Waals surface area contributed by atoms with Gasteiger partial charge in [-0.05, 0) is 35.7 Å². The molecule has 0 saturated heterocycles. The highest BCUT2D eigenvalue weighted by Gasteiger charge is 2.25. The zero-order chi connectivity index (χ0) is 19.0. The molecule has 1 aromatic heterocycles. The number of benzene rings is 2. The van der Waals surface area contributed by atoms with Crippen LogP contribution in [0.15, 0.2) is 42.5 Å². The summed E-state index contributed by atoms with van der Waals surface area (Å²) in [7, 11) is 0. The molecule has 0 radical (unpaired) electrons. The second kappa shape index (κ2) is 6.68. The number of carbonyl (C=O) groups is 1. The predicted octanol–water partition coefficient (Wildman–Crippen LogP) is 2.71. The summed E-state index contributed by atoms with van der Waals surface area (Å²) in [4.78, 5) is 14.4. The molecule has 4 N–H and O–H groups in total. The third kappa shape index (κ3) is 3.19. The number of nitrogen functional groups attached to an aromatic ring is 1. The molecule has 138 valence electrons. The molecule has 0 unspecified atom stereocenters. The Morgan fingerprint density at radius 2 is 2.11 bits per heavy atom. The van der Waals surface area contributed by atoms with E-state index in [0.717, 1.165) is 22.3 Å². The first-order valence-corrected chi connectivity index (χ1v) is 8.68. The second-order valence-corrected chi connectivity index (χ2v) is 6.58. The number of carbonyl (C=O) groups excluding carboxylic acids is 1. The van der Waals surface area contributed by atoms with Crippen molar-refractivity contribution in [3.05, 3.63) is 59.3 Å². The number of aryl methyl sites for hydroxylation is 1.